The SMILES string of the molecule is Cc1cccc2[nH]cc(CCNC(=O)c3cccc(CN(C)C)c3)c12. The van der Waals surface area contributed by atoms with E-state index < -0.39 is 0 Å². The van der Waals surface area contributed by atoms with E-state index in [0.717, 1.165) is 29.6 Å². The molecule has 0 fully saturated rings. The summed E-state index contributed by atoms with van der Waals surface area (Å²) in [5.74, 6) is -0.0165. The minimum absolute atomic E-state index is 0.0165. The summed E-state index contributed by atoms with van der Waals surface area (Å²) in [6.45, 7) is 3.57. The van der Waals surface area contributed by atoms with Crippen molar-refractivity contribution in [3.63, 3.8) is 0 Å². The molecule has 0 saturated carbocycles. The van der Waals surface area contributed by atoms with E-state index in [1.807, 2.05) is 44.6 Å². The molecule has 0 aliphatic rings. The maximum Gasteiger partial charge on any atom is 0.251 e. The van der Waals surface area contributed by atoms with Crippen LogP contribution in [0.25, 0.3) is 10.9 Å². The van der Waals surface area contributed by atoms with Crippen LogP contribution in [-0.4, -0.2) is 36.4 Å². The van der Waals surface area contributed by atoms with Crippen LogP contribution in [0.3, 0.4) is 0 Å². The van der Waals surface area contributed by atoms with Crippen LogP contribution < -0.4 is 5.32 Å². The number of fused-ring (bicyclic) bond motifs is 1. The summed E-state index contributed by atoms with van der Waals surface area (Å²) in [5, 5.41) is 4.30. The molecule has 1 heterocycles. The number of aromatic nitrogens is 1. The lowest BCUT2D eigenvalue weighted by Crippen LogP contribution is -2.25. The molecule has 130 valence electrons. The number of hydrogen-bond donors (Lipinski definition) is 2. The highest BCUT2D eigenvalue weighted by Gasteiger charge is 2.09. The smallest absolute Gasteiger partial charge is 0.251 e. The molecule has 3 rings (SSSR count). The van der Waals surface area contributed by atoms with Gasteiger partial charge in [-0.05, 0) is 62.3 Å². The van der Waals surface area contributed by atoms with Crippen LogP contribution in [0, 0.1) is 6.92 Å². The number of nitrogens with one attached hydrogen (secondary N) is 2. The van der Waals surface area contributed by atoms with Gasteiger partial charge < -0.3 is 15.2 Å². The minimum Gasteiger partial charge on any atom is -0.361 e. The number of rotatable bonds is 6. The van der Waals surface area contributed by atoms with Crippen LogP contribution in [0.5, 0.6) is 0 Å². The van der Waals surface area contributed by atoms with Crippen molar-refractivity contribution in [3.05, 3.63) is 70.9 Å². The van der Waals surface area contributed by atoms with E-state index in [0.29, 0.717) is 6.54 Å². The number of nitrogens with zero attached hydrogens (tertiary/aromatic N) is 1. The van der Waals surface area contributed by atoms with E-state index in [1.165, 1.54) is 16.5 Å². The molecule has 0 aliphatic heterocycles. The molecule has 0 radical (unpaired) electrons. The molecule has 25 heavy (non-hydrogen) atoms. The van der Waals surface area contributed by atoms with Gasteiger partial charge in [0, 0.05) is 35.8 Å². The van der Waals surface area contributed by atoms with Crippen LogP contribution in [0.4, 0.5) is 0 Å². The van der Waals surface area contributed by atoms with Gasteiger partial charge in [0.1, 0.15) is 0 Å². The van der Waals surface area contributed by atoms with Gasteiger partial charge in [-0.3, -0.25) is 4.79 Å². The fourth-order valence-corrected chi connectivity index (χ4v) is 3.24. The topological polar surface area (TPSA) is 48.1 Å². The summed E-state index contributed by atoms with van der Waals surface area (Å²) < 4.78 is 0. The number of amides is 1. The first-order valence-electron chi connectivity index (χ1n) is 8.62. The Morgan fingerprint density at radius 2 is 1.96 bits per heavy atom. The van der Waals surface area contributed by atoms with Crippen molar-refractivity contribution in [2.24, 2.45) is 0 Å². The summed E-state index contributed by atoms with van der Waals surface area (Å²) in [7, 11) is 4.05. The zero-order chi connectivity index (χ0) is 17.8. The van der Waals surface area contributed by atoms with Gasteiger partial charge in [0.25, 0.3) is 5.91 Å². The molecule has 0 saturated heterocycles. The van der Waals surface area contributed by atoms with Gasteiger partial charge >= 0.3 is 0 Å². The van der Waals surface area contributed by atoms with E-state index in [4.69, 9.17) is 0 Å². The van der Waals surface area contributed by atoms with E-state index in [2.05, 4.69) is 40.3 Å². The number of carbonyl (C=O) groups is 1. The zero-order valence-electron chi connectivity index (χ0n) is 15.1. The van der Waals surface area contributed by atoms with Crippen LogP contribution in [0.15, 0.2) is 48.7 Å². The van der Waals surface area contributed by atoms with E-state index in [-0.39, 0.29) is 5.91 Å². The van der Waals surface area contributed by atoms with Crippen LogP contribution >= 0.6 is 0 Å². The molecule has 4 nitrogen and oxygen atoms in total. The van der Waals surface area contributed by atoms with Crippen LogP contribution in [0.1, 0.15) is 27.0 Å². The Morgan fingerprint density at radius 1 is 1.16 bits per heavy atom. The molecule has 4 heteroatoms. The lowest BCUT2D eigenvalue weighted by Gasteiger charge is -2.11. The number of benzene rings is 2. The Bertz CT molecular complexity index is 880. The van der Waals surface area contributed by atoms with Crippen molar-refractivity contribution in [1.29, 1.82) is 0 Å². The van der Waals surface area contributed by atoms with Gasteiger partial charge in [-0.1, -0.05) is 24.3 Å². The first-order chi connectivity index (χ1) is 12.0. The third-order valence-electron chi connectivity index (χ3n) is 4.36. The Labute approximate surface area is 148 Å². The molecule has 0 atom stereocenters. The Balaban J connectivity index is 1.63. The van der Waals surface area contributed by atoms with E-state index in [1.54, 1.807) is 0 Å². The van der Waals surface area contributed by atoms with Crippen LogP contribution in [0.2, 0.25) is 0 Å². The second-order valence-corrected chi connectivity index (χ2v) is 6.76. The molecule has 1 amide bonds. The molecular weight excluding hydrogens is 310 g/mol. The van der Waals surface area contributed by atoms with Gasteiger partial charge in [-0.15, -0.1) is 0 Å². The first kappa shape index (κ1) is 17.2. The molecule has 1 aromatic heterocycles. The average Bonchev–Trinajstić information content (AvgIpc) is 2.99. The van der Waals surface area contributed by atoms with Crippen molar-refractivity contribution in [2.45, 2.75) is 19.9 Å². The lowest BCUT2D eigenvalue weighted by molar-refractivity contribution is 0.0954. The quantitative estimate of drug-likeness (QED) is 0.724. The summed E-state index contributed by atoms with van der Waals surface area (Å²) in [5.41, 5.74) is 5.52. The number of hydrogen-bond acceptors (Lipinski definition) is 2. The maximum atomic E-state index is 12.4. The Morgan fingerprint density at radius 3 is 2.76 bits per heavy atom. The number of H-pyrrole nitrogens is 1. The molecule has 0 bridgehead atoms. The molecular formula is C21H25N3O. The summed E-state index contributed by atoms with van der Waals surface area (Å²) >= 11 is 0. The molecule has 2 N–H and O–H groups in total. The molecule has 0 spiro atoms. The van der Waals surface area contributed by atoms with Crippen molar-refractivity contribution >= 4 is 16.8 Å². The highest BCUT2D eigenvalue weighted by molar-refractivity contribution is 5.94. The highest BCUT2D eigenvalue weighted by Crippen LogP contribution is 2.22. The number of aromatic amines is 1. The Kier molecular flexibility index (Phi) is 5.19. The van der Waals surface area contributed by atoms with Gasteiger partial charge in [0.2, 0.25) is 0 Å². The van der Waals surface area contributed by atoms with Gasteiger partial charge in [-0.2, -0.15) is 0 Å². The fourth-order valence-electron chi connectivity index (χ4n) is 3.24. The fraction of sp³-hybridized carbons (Fsp3) is 0.286. The monoisotopic (exact) mass is 335 g/mol. The molecule has 0 aliphatic carbocycles. The van der Waals surface area contributed by atoms with Crippen molar-refractivity contribution < 1.29 is 4.79 Å². The average molecular weight is 335 g/mol. The third-order valence-corrected chi connectivity index (χ3v) is 4.36. The molecule has 0 unspecified atom stereocenters. The maximum absolute atomic E-state index is 12.4. The first-order valence-corrected chi connectivity index (χ1v) is 8.62. The van der Waals surface area contributed by atoms with E-state index in [9.17, 15) is 4.79 Å². The summed E-state index contributed by atoms with van der Waals surface area (Å²) in [6, 6.07) is 14.1. The van der Waals surface area contributed by atoms with Crippen molar-refractivity contribution in [2.75, 3.05) is 20.6 Å². The standard InChI is InChI=1S/C21H25N3O/c1-15-6-4-9-19-20(15)18(13-23-19)10-11-22-21(25)17-8-5-7-16(12-17)14-24(2)3/h4-9,12-13,23H,10-11,14H2,1-3H3,(H,22,25). The normalized spacial score (nSPS) is 11.2. The largest absolute Gasteiger partial charge is 0.361 e. The number of aryl methyl sites for hydroxylation is 1. The van der Waals surface area contributed by atoms with E-state index >= 15 is 0 Å². The van der Waals surface area contributed by atoms with Gasteiger partial charge in [0.05, 0.1) is 0 Å². The summed E-state index contributed by atoms with van der Waals surface area (Å²) in [4.78, 5) is 17.8. The minimum atomic E-state index is -0.0165. The lowest BCUT2D eigenvalue weighted by atomic mass is 10.1. The molecule has 2 aromatic carbocycles. The van der Waals surface area contributed by atoms with Gasteiger partial charge in [0.15, 0.2) is 0 Å². The van der Waals surface area contributed by atoms with Crippen molar-refractivity contribution in [1.82, 2.24) is 15.2 Å². The highest BCUT2D eigenvalue weighted by atomic mass is 16.1. The second-order valence-electron chi connectivity index (χ2n) is 6.76. The second kappa shape index (κ2) is 7.53. The third kappa shape index (κ3) is 4.09. The van der Waals surface area contributed by atoms with Crippen LogP contribution in [-0.2, 0) is 13.0 Å². The Hall–Kier alpha value is -2.59. The van der Waals surface area contributed by atoms with Gasteiger partial charge in [-0.25, -0.2) is 0 Å². The predicted octanol–water partition coefficient (Wildman–Crippen LogP) is 3.51. The molecule has 3 aromatic rings. The van der Waals surface area contributed by atoms with Crippen molar-refractivity contribution in [3.8, 4) is 0 Å². The zero-order valence-corrected chi connectivity index (χ0v) is 15.1. The predicted molar refractivity (Wildman–Crippen MR) is 103 cm³/mol. The summed E-state index contributed by atoms with van der Waals surface area (Å²) in [6.07, 6.45) is 2.86. The number of carbonyl (C=O) groups excluding carboxylic acids is 1.